The molecule has 0 unspecified atom stereocenters. The van der Waals surface area contributed by atoms with Gasteiger partial charge in [0.2, 0.25) is 0 Å². The van der Waals surface area contributed by atoms with Gasteiger partial charge in [0.15, 0.2) is 0 Å². The second-order valence-electron chi connectivity index (χ2n) is 3.32. The molecule has 0 radical (unpaired) electrons. The largest absolute Gasteiger partial charge is 0.399 e. The first-order valence-corrected chi connectivity index (χ1v) is 4.61. The number of nitrogens with two attached hydrogens (primary N) is 1. The van der Waals surface area contributed by atoms with E-state index >= 15 is 0 Å². The normalized spacial score (nSPS) is 10.7. The van der Waals surface area contributed by atoms with Crippen LogP contribution in [0.2, 0.25) is 0 Å². The molecule has 0 atom stereocenters. The monoisotopic (exact) mass is 179 g/mol. The Morgan fingerprint density at radius 1 is 1.54 bits per heavy atom. The van der Waals surface area contributed by atoms with E-state index in [0.717, 1.165) is 24.5 Å². The lowest BCUT2D eigenvalue weighted by atomic mass is 10.3. The zero-order valence-electron chi connectivity index (χ0n) is 8.33. The summed E-state index contributed by atoms with van der Waals surface area (Å²) >= 11 is 0. The van der Waals surface area contributed by atoms with Crippen LogP contribution in [0.1, 0.15) is 19.0 Å². The third-order valence-corrected chi connectivity index (χ3v) is 1.88. The molecule has 0 fully saturated rings. The number of pyridine rings is 1. The fraction of sp³-hybridized carbons (Fsp3) is 0.500. The Balaban J connectivity index is 2.53. The molecule has 0 aliphatic rings. The number of aromatic nitrogens is 1. The first-order valence-electron chi connectivity index (χ1n) is 4.61. The molecule has 0 saturated carbocycles. The Morgan fingerprint density at radius 2 is 2.31 bits per heavy atom. The minimum atomic E-state index is 0.787. The summed E-state index contributed by atoms with van der Waals surface area (Å²) in [5, 5.41) is 0. The van der Waals surface area contributed by atoms with Crippen LogP contribution in [0, 0.1) is 0 Å². The molecule has 2 N–H and O–H groups in total. The third kappa shape index (κ3) is 3.42. The molecule has 3 heteroatoms. The molecule has 1 heterocycles. The van der Waals surface area contributed by atoms with Gasteiger partial charge in [0.25, 0.3) is 0 Å². The molecule has 0 amide bonds. The average Bonchev–Trinajstić information content (AvgIpc) is 2.04. The highest BCUT2D eigenvalue weighted by Crippen LogP contribution is 2.05. The van der Waals surface area contributed by atoms with Gasteiger partial charge in [-0.2, -0.15) is 0 Å². The van der Waals surface area contributed by atoms with Crippen molar-refractivity contribution in [2.45, 2.75) is 19.9 Å². The van der Waals surface area contributed by atoms with E-state index in [1.807, 2.05) is 12.1 Å². The summed E-state index contributed by atoms with van der Waals surface area (Å²) in [6, 6.07) is 3.73. The lowest BCUT2D eigenvalue weighted by Gasteiger charge is -2.14. The zero-order chi connectivity index (χ0) is 9.68. The lowest BCUT2D eigenvalue weighted by molar-refractivity contribution is 0.323. The van der Waals surface area contributed by atoms with Crippen molar-refractivity contribution in [2.24, 2.45) is 0 Å². The Morgan fingerprint density at radius 3 is 2.92 bits per heavy atom. The summed E-state index contributed by atoms with van der Waals surface area (Å²) in [4.78, 5) is 6.48. The lowest BCUT2D eigenvalue weighted by Crippen LogP contribution is -2.19. The van der Waals surface area contributed by atoms with E-state index in [0.29, 0.717) is 0 Å². The van der Waals surface area contributed by atoms with Crippen molar-refractivity contribution < 1.29 is 0 Å². The van der Waals surface area contributed by atoms with Crippen molar-refractivity contribution in [1.82, 2.24) is 9.88 Å². The molecule has 0 spiro atoms. The average molecular weight is 179 g/mol. The molecule has 0 bridgehead atoms. The minimum Gasteiger partial charge on any atom is -0.399 e. The van der Waals surface area contributed by atoms with E-state index in [-0.39, 0.29) is 0 Å². The quantitative estimate of drug-likeness (QED) is 0.761. The third-order valence-electron chi connectivity index (χ3n) is 1.88. The van der Waals surface area contributed by atoms with Crippen LogP contribution in [0.25, 0.3) is 0 Å². The van der Waals surface area contributed by atoms with E-state index in [1.54, 1.807) is 6.20 Å². The molecule has 13 heavy (non-hydrogen) atoms. The van der Waals surface area contributed by atoms with Crippen LogP contribution < -0.4 is 5.73 Å². The SMILES string of the molecule is CCCN(C)Cc1cc(N)ccn1. The van der Waals surface area contributed by atoms with Gasteiger partial charge in [0, 0.05) is 18.4 Å². The molecular formula is C10H17N3. The smallest absolute Gasteiger partial charge is 0.0564 e. The van der Waals surface area contributed by atoms with E-state index in [1.165, 1.54) is 6.42 Å². The van der Waals surface area contributed by atoms with Crippen molar-refractivity contribution in [3.05, 3.63) is 24.0 Å². The topological polar surface area (TPSA) is 42.1 Å². The number of hydrogen-bond donors (Lipinski definition) is 1. The summed E-state index contributed by atoms with van der Waals surface area (Å²) in [7, 11) is 2.09. The maximum Gasteiger partial charge on any atom is 0.0564 e. The highest BCUT2D eigenvalue weighted by molar-refractivity contribution is 5.37. The molecular weight excluding hydrogens is 162 g/mol. The molecule has 0 aromatic carbocycles. The van der Waals surface area contributed by atoms with Gasteiger partial charge >= 0.3 is 0 Å². The fourth-order valence-corrected chi connectivity index (χ4v) is 1.32. The van der Waals surface area contributed by atoms with Crippen LogP contribution in [0.3, 0.4) is 0 Å². The van der Waals surface area contributed by atoms with Crippen molar-refractivity contribution in [3.63, 3.8) is 0 Å². The van der Waals surface area contributed by atoms with Crippen LogP contribution in [-0.2, 0) is 6.54 Å². The number of nitrogen functional groups attached to an aromatic ring is 1. The summed E-state index contributed by atoms with van der Waals surface area (Å²) < 4.78 is 0. The molecule has 1 aromatic rings. The van der Waals surface area contributed by atoms with Crippen LogP contribution >= 0.6 is 0 Å². The van der Waals surface area contributed by atoms with Crippen molar-refractivity contribution in [1.29, 1.82) is 0 Å². The summed E-state index contributed by atoms with van der Waals surface area (Å²) in [5.41, 5.74) is 7.47. The predicted molar refractivity (Wildman–Crippen MR) is 55.3 cm³/mol. The number of rotatable bonds is 4. The first kappa shape index (κ1) is 9.99. The van der Waals surface area contributed by atoms with Crippen LogP contribution in [0.5, 0.6) is 0 Å². The zero-order valence-corrected chi connectivity index (χ0v) is 8.33. The number of nitrogens with zero attached hydrogens (tertiary/aromatic N) is 2. The van der Waals surface area contributed by atoms with Crippen LogP contribution in [-0.4, -0.2) is 23.5 Å². The van der Waals surface area contributed by atoms with Gasteiger partial charge in [0.1, 0.15) is 0 Å². The van der Waals surface area contributed by atoms with Crippen LogP contribution in [0.4, 0.5) is 5.69 Å². The second-order valence-corrected chi connectivity index (χ2v) is 3.32. The highest BCUT2D eigenvalue weighted by Gasteiger charge is 1.99. The Hall–Kier alpha value is -1.09. The van der Waals surface area contributed by atoms with Crippen molar-refractivity contribution >= 4 is 5.69 Å². The van der Waals surface area contributed by atoms with Gasteiger partial charge in [-0.1, -0.05) is 6.92 Å². The molecule has 0 aliphatic carbocycles. The number of hydrogen-bond acceptors (Lipinski definition) is 3. The van der Waals surface area contributed by atoms with E-state index < -0.39 is 0 Å². The maximum absolute atomic E-state index is 5.65. The summed E-state index contributed by atoms with van der Waals surface area (Å²) in [6.07, 6.45) is 2.92. The standard InChI is InChI=1S/C10H17N3/c1-3-6-13(2)8-10-7-9(11)4-5-12-10/h4-5,7H,3,6,8H2,1-2H3,(H2,11,12). The minimum absolute atomic E-state index is 0.787. The van der Waals surface area contributed by atoms with Gasteiger partial charge in [-0.05, 0) is 32.1 Å². The molecule has 72 valence electrons. The molecule has 3 nitrogen and oxygen atoms in total. The predicted octanol–water partition coefficient (Wildman–Crippen LogP) is 1.51. The Bertz CT molecular complexity index is 260. The van der Waals surface area contributed by atoms with Gasteiger partial charge in [0.05, 0.1) is 5.69 Å². The van der Waals surface area contributed by atoms with Crippen molar-refractivity contribution in [3.8, 4) is 0 Å². The van der Waals surface area contributed by atoms with Crippen LogP contribution in [0.15, 0.2) is 18.3 Å². The van der Waals surface area contributed by atoms with Crippen molar-refractivity contribution in [2.75, 3.05) is 19.3 Å². The molecule has 0 saturated heterocycles. The maximum atomic E-state index is 5.65. The molecule has 0 aliphatic heterocycles. The van der Waals surface area contributed by atoms with Gasteiger partial charge in [-0.3, -0.25) is 4.98 Å². The van der Waals surface area contributed by atoms with Gasteiger partial charge in [-0.25, -0.2) is 0 Å². The summed E-state index contributed by atoms with van der Waals surface area (Å²) in [6.45, 7) is 4.14. The summed E-state index contributed by atoms with van der Waals surface area (Å²) in [5.74, 6) is 0. The molecule has 1 rings (SSSR count). The Labute approximate surface area is 79.6 Å². The van der Waals surface area contributed by atoms with E-state index in [4.69, 9.17) is 5.73 Å². The fourth-order valence-electron chi connectivity index (χ4n) is 1.32. The van der Waals surface area contributed by atoms with Gasteiger partial charge in [-0.15, -0.1) is 0 Å². The second kappa shape index (κ2) is 4.82. The molecule has 1 aromatic heterocycles. The number of anilines is 1. The first-order chi connectivity index (χ1) is 6.22. The van der Waals surface area contributed by atoms with E-state index in [9.17, 15) is 0 Å². The Kier molecular flexibility index (Phi) is 3.71. The van der Waals surface area contributed by atoms with E-state index in [2.05, 4.69) is 23.9 Å². The van der Waals surface area contributed by atoms with Gasteiger partial charge < -0.3 is 10.6 Å². The highest BCUT2D eigenvalue weighted by atomic mass is 15.1.